The number of sulfone groups is 1. The third-order valence-electron chi connectivity index (χ3n) is 13.1. The molecule has 0 bridgehead atoms. The molecule has 0 radical (unpaired) electrons. The summed E-state index contributed by atoms with van der Waals surface area (Å²) in [6, 6.07) is 23.7. The molecule has 4 aromatic rings. The first-order valence-corrected chi connectivity index (χ1v) is 29.6. The van der Waals surface area contributed by atoms with Crippen LogP contribution < -0.4 is 14.9 Å². The number of allylic oxidation sites excluding steroid dienone is 1. The highest BCUT2D eigenvalue weighted by Gasteiger charge is 2.48. The molecule has 7 rings (SSSR count). The fourth-order valence-corrected chi connectivity index (χ4v) is 13.4. The minimum Gasteiger partial charge on any atom is -0.380 e. The second kappa shape index (κ2) is 22.5. The van der Waals surface area contributed by atoms with Gasteiger partial charge in [-0.05, 0) is 109 Å². The van der Waals surface area contributed by atoms with Gasteiger partial charge in [0.2, 0.25) is 0 Å². The lowest BCUT2D eigenvalue weighted by atomic mass is 9.73. The fourth-order valence-electron chi connectivity index (χ4n) is 9.22. The monoisotopic (exact) mass is 1080 g/mol. The molecule has 0 saturated carbocycles. The topological polar surface area (TPSA) is 197 Å². The van der Waals surface area contributed by atoms with Crippen molar-refractivity contribution >= 4 is 72.7 Å². The highest BCUT2D eigenvalue weighted by Crippen LogP contribution is 2.43. The number of halogens is 4. The Hall–Kier alpha value is -4.15. The van der Waals surface area contributed by atoms with Gasteiger partial charge in [-0.3, -0.25) is 23.4 Å². The van der Waals surface area contributed by atoms with E-state index in [2.05, 4.69) is 41.1 Å². The van der Waals surface area contributed by atoms with Gasteiger partial charge in [0, 0.05) is 98.4 Å². The van der Waals surface area contributed by atoms with Crippen molar-refractivity contribution in [3.63, 3.8) is 0 Å². The molecule has 4 aromatic carbocycles. The first kappa shape index (κ1) is 54.6. The highest BCUT2D eigenvalue weighted by molar-refractivity contribution is 7.92. The smallest absolute Gasteiger partial charge is 0.380 e. The lowest BCUT2D eigenvalue weighted by Crippen LogP contribution is -2.47. The summed E-state index contributed by atoms with van der Waals surface area (Å²) in [5.74, 6) is -1.27. The van der Waals surface area contributed by atoms with Crippen molar-refractivity contribution in [3.8, 4) is 0 Å². The number of nitrogens with zero attached hydrogens (tertiary/aromatic N) is 4. The summed E-state index contributed by atoms with van der Waals surface area (Å²) in [4.78, 5) is 38.4. The quantitative estimate of drug-likeness (QED) is 0.0727. The Kier molecular flexibility index (Phi) is 17.3. The van der Waals surface area contributed by atoms with E-state index in [9.17, 15) is 53.4 Å². The second-order valence-corrected chi connectivity index (χ2v) is 26.1. The molecule has 2 unspecified atom stereocenters. The second-order valence-electron chi connectivity index (χ2n) is 19.0. The molecule has 1 amide bonds. The van der Waals surface area contributed by atoms with Crippen LogP contribution in [0, 0.1) is 5.41 Å². The van der Waals surface area contributed by atoms with Crippen molar-refractivity contribution in [3.05, 3.63) is 119 Å². The van der Waals surface area contributed by atoms with Gasteiger partial charge < -0.3 is 24.9 Å². The molecule has 2 saturated heterocycles. The third-order valence-corrected chi connectivity index (χ3v) is 18.5. The van der Waals surface area contributed by atoms with Crippen LogP contribution in [-0.4, -0.2) is 140 Å². The zero-order chi connectivity index (χ0) is 51.4. The lowest BCUT2D eigenvalue weighted by Gasteiger charge is -2.39. The number of amides is 1. The fraction of sp³-hybridized carbons (Fsp3) is 0.438. The minimum atomic E-state index is -6.21. The molecule has 4 N–H and O–H groups in total. The van der Waals surface area contributed by atoms with Crippen LogP contribution >= 0.6 is 19.2 Å². The summed E-state index contributed by atoms with van der Waals surface area (Å²) in [6.07, 6.45) is 2.81. The Balaban J connectivity index is 1.03. The summed E-state index contributed by atoms with van der Waals surface area (Å²) in [5.41, 5.74) is -1.51. The number of carbonyl (C=O) groups is 1. The van der Waals surface area contributed by atoms with Crippen LogP contribution in [0.5, 0.6) is 0 Å². The number of alkyl halides is 3. The van der Waals surface area contributed by atoms with E-state index in [-0.39, 0.29) is 29.7 Å². The average Bonchev–Trinajstić information content (AvgIpc) is 3.31. The van der Waals surface area contributed by atoms with E-state index in [4.69, 9.17) is 11.6 Å². The van der Waals surface area contributed by atoms with E-state index in [1.165, 1.54) is 28.8 Å². The Morgan fingerprint density at radius 2 is 1.46 bits per heavy atom. The van der Waals surface area contributed by atoms with Crippen LogP contribution in [-0.2, 0) is 35.2 Å². The van der Waals surface area contributed by atoms with Gasteiger partial charge in [-0.2, -0.15) is 13.2 Å². The molecule has 23 heteroatoms. The highest BCUT2D eigenvalue weighted by atomic mass is 35.5. The van der Waals surface area contributed by atoms with Crippen LogP contribution in [0.15, 0.2) is 117 Å². The maximum Gasteiger partial charge on any atom is 0.501 e. The zero-order valence-corrected chi connectivity index (χ0v) is 43.5. The van der Waals surface area contributed by atoms with Gasteiger partial charge >= 0.3 is 13.1 Å². The molecular weight excluding hydrogens is 1020 g/mol. The van der Waals surface area contributed by atoms with Crippen LogP contribution in [0.25, 0.3) is 5.57 Å². The lowest BCUT2D eigenvalue weighted by molar-refractivity contribution is -0.0436. The molecule has 2 aliphatic heterocycles. The molecule has 3 aliphatic rings. The number of benzene rings is 4. The van der Waals surface area contributed by atoms with Gasteiger partial charge in [-0.1, -0.05) is 61.4 Å². The molecule has 0 aromatic heterocycles. The largest absolute Gasteiger partial charge is 0.501 e. The molecule has 2 fully saturated rings. The van der Waals surface area contributed by atoms with Gasteiger partial charge in [0.25, 0.3) is 25.8 Å². The number of anilines is 2. The van der Waals surface area contributed by atoms with Crippen molar-refractivity contribution in [1.29, 1.82) is 0 Å². The molecule has 386 valence electrons. The summed E-state index contributed by atoms with van der Waals surface area (Å²) in [7, 11) is -17.2. The number of hydrogen-bond acceptors (Lipinski definition) is 12. The van der Waals surface area contributed by atoms with E-state index in [1.807, 2.05) is 21.8 Å². The normalized spacial score (nSPS) is 18.8. The maximum absolute atomic E-state index is 14.3. The van der Waals surface area contributed by atoms with Crippen molar-refractivity contribution in [2.75, 3.05) is 87.7 Å². The van der Waals surface area contributed by atoms with Crippen molar-refractivity contribution in [2.45, 2.75) is 65.8 Å². The molecule has 2 atom stereocenters. The predicted molar refractivity (Wildman–Crippen MR) is 270 cm³/mol. The van der Waals surface area contributed by atoms with E-state index < -0.39 is 77.5 Å². The van der Waals surface area contributed by atoms with Gasteiger partial charge in [0.15, 0.2) is 0 Å². The van der Waals surface area contributed by atoms with E-state index >= 15 is 0 Å². The number of nitrogens with one attached hydrogen (secondary N) is 2. The first-order valence-electron chi connectivity index (χ1n) is 23.1. The predicted octanol–water partition coefficient (Wildman–Crippen LogP) is 7.27. The Morgan fingerprint density at radius 3 is 2.08 bits per heavy atom. The Labute approximate surface area is 421 Å². The van der Waals surface area contributed by atoms with Crippen LogP contribution in [0.2, 0.25) is 5.02 Å². The molecular formula is C48H59ClF3N6O9PS3. The van der Waals surface area contributed by atoms with Gasteiger partial charge in [0.05, 0.1) is 21.4 Å². The number of piperazine rings is 2. The van der Waals surface area contributed by atoms with Crippen molar-refractivity contribution in [1.82, 2.24) is 19.4 Å². The van der Waals surface area contributed by atoms with Gasteiger partial charge in [-0.15, -0.1) is 0 Å². The van der Waals surface area contributed by atoms with Crippen LogP contribution in [0.4, 0.5) is 24.5 Å². The molecule has 15 nitrogen and oxygen atoms in total. The Morgan fingerprint density at radius 1 is 0.845 bits per heavy atom. The third kappa shape index (κ3) is 14.5. The standard InChI is InChI=1S/C48H59ClF3N6O9PS3/c1-47(2)20-18-43(35-8-12-38(49)13-9-35)37(31-47)32-56-26-28-58(29-27-56)40-14-10-36(11-15-40)46(59)54-71(66,67)42-16-17-44(45(30-42)70(64,65)48(50,51)52)53-39(33-69(63)41-6-4-3-5-7-41)19-21-55-22-24-57(25-23-55)34-68(60,61)62/h3-17,30,39,53H,18-29,31-34H2,1-2H3,(H,54,59)(H2,60,61,62). The number of rotatable bonds is 18. The molecule has 2 heterocycles. The maximum atomic E-state index is 14.3. The van der Waals surface area contributed by atoms with Crippen LogP contribution in [0.3, 0.4) is 0 Å². The van der Waals surface area contributed by atoms with Gasteiger partial charge in [-0.25, -0.2) is 21.6 Å². The summed E-state index contributed by atoms with van der Waals surface area (Å²) in [5, 5.41) is 3.51. The number of hydrogen-bond donors (Lipinski definition) is 4. The van der Waals surface area contributed by atoms with Crippen molar-refractivity contribution < 1.29 is 53.4 Å². The minimum absolute atomic E-state index is 0.0589. The molecule has 0 spiro atoms. The number of sulfonamides is 1. The Bertz CT molecular complexity index is 2860. The van der Waals surface area contributed by atoms with E-state index in [0.29, 0.717) is 55.3 Å². The number of carbonyl (C=O) groups excluding carboxylic acids is 1. The zero-order valence-electron chi connectivity index (χ0n) is 39.4. The summed E-state index contributed by atoms with van der Waals surface area (Å²) >= 11 is 6.19. The average molecular weight is 1080 g/mol. The van der Waals surface area contributed by atoms with Crippen molar-refractivity contribution in [2.24, 2.45) is 5.41 Å². The SMILES string of the molecule is CC1(C)CCC(c2ccc(Cl)cc2)=C(CN2CCN(c3ccc(C(=O)NS(=O)(=O)c4ccc(NC(CCN5CCN(CP(=O)(O)O)CC5)CS(=O)c5ccccc5)c(S(=O)(=O)C(F)(F)F)c4)cc3)CC2)C1. The van der Waals surface area contributed by atoms with E-state index in [0.717, 1.165) is 56.7 Å². The van der Waals surface area contributed by atoms with E-state index in [1.54, 1.807) is 47.4 Å². The first-order chi connectivity index (χ1) is 33.4. The van der Waals surface area contributed by atoms with Gasteiger partial charge in [0.1, 0.15) is 11.2 Å². The van der Waals surface area contributed by atoms with Crippen LogP contribution in [0.1, 0.15) is 55.5 Å². The molecule has 1 aliphatic carbocycles. The summed E-state index contributed by atoms with van der Waals surface area (Å²) in [6.45, 7) is 10.2. The summed E-state index contributed by atoms with van der Waals surface area (Å²) < 4.78 is 123. The molecule has 71 heavy (non-hydrogen) atoms.